The molecule has 1 amide bonds. The molecule has 2 aromatic rings. The first-order valence-corrected chi connectivity index (χ1v) is 10.8. The summed E-state index contributed by atoms with van der Waals surface area (Å²) in [5, 5.41) is 0. The second kappa shape index (κ2) is 6.49. The minimum atomic E-state index is -0.376. The molecule has 0 aromatic heterocycles. The smallest absolute Gasteiger partial charge is 0.239 e. The Balaban J connectivity index is 1.25. The van der Waals surface area contributed by atoms with Crippen LogP contribution < -0.4 is 14.4 Å². The van der Waals surface area contributed by atoms with Gasteiger partial charge in [-0.3, -0.25) is 9.69 Å². The van der Waals surface area contributed by atoms with Gasteiger partial charge >= 0.3 is 0 Å². The zero-order valence-electron chi connectivity index (χ0n) is 16.6. The van der Waals surface area contributed by atoms with Crippen LogP contribution in [0, 0.1) is 5.92 Å². The number of carbonyl (C=O) groups is 1. The largest absolute Gasteiger partial charge is 0.486 e. The number of rotatable bonds is 4. The van der Waals surface area contributed by atoms with Crippen molar-refractivity contribution in [2.75, 3.05) is 37.7 Å². The van der Waals surface area contributed by atoms with Crippen molar-refractivity contribution in [2.24, 2.45) is 5.92 Å². The van der Waals surface area contributed by atoms with Gasteiger partial charge in [-0.25, -0.2) is 0 Å². The van der Waals surface area contributed by atoms with Crippen LogP contribution in [0.25, 0.3) is 0 Å². The summed E-state index contributed by atoms with van der Waals surface area (Å²) in [6, 6.07) is 14.7. The zero-order chi connectivity index (χ0) is 19.4. The molecular weight excluding hydrogens is 364 g/mol. The Labute approximate surface area is 171 Å². The molecule has 0 bridgehead atoms. The van der Waals surface area contributed by atoms with Crippen molar-refractivity contribution in [3.05, 3.63) is 53.6 Å². The van der Waals surface area contributed by atoms with Crippen LogP contribution in [0.15, 0.2) is 42.5 Å². The molecule has 29 heavy (non-hydrogen) atoms. The van der Waals surface area contributed by atoms with Crippen LogP contribution in [-0.4, -0.2) is 43.7 Å². The van der Waals surface area contributed by atoms with Crippen LogP contribution in [0.4, 0.5) is 5.69 Å². The van der Waals surface area contributed by atoms with E-state index in [1.165, 1.54) is 24.0 Å². The van der Waals surface area contributed by atoms with E-state index < -0.39 is 0 Å². The molecule has 6 rings (SSSR count). The summed E-state index contributed by atoms with van der Waals surface area (Å²) >= 11 is 0. The number of carbonyl (C=O) groups excluding carboxylic acids is 1. The molecule has 1 unspecified atom stereocenters. The van der Waals surface area contributed by atoms with E-state index in [4.69, 9.17) is 9.47 Å². The summed E-state index contributed by atoms with van der Waals surface area (Å²) in [4.78, 5) is 18.1. The predicted octanol–water partition coefficient (Wildman–Crippen LogP) is 3.36. The van der Waals surface area contributed by atoms with Crippen molar-refractivity contribution >= 4 is 11.6 Å². The quantitative estimate of drug-likeness (QED) is 0.803. The highest BCUT2D eigenvalue weighted by Gasteiger charge is 2.54. The van der Waals surface area contributed by atoms with Crippen molar-refractivity contribution in [3.63, 3.8) is 0 Å². The molecule has 1 saturated carbocycles. The van der Waals surface area contributed by atoms with Crippen LogP contribution in [0.1, 0.15) is 30.4 Å². The first-order valence-electron chi connectivity index (χ1n) is 10.8. The molecule has 1 saturated heterocycles. The normalized spacial score (nSPS) is 25.7. The number of likely N-dealkylation sites (tertiary alicyclic amines) is 1. The first kappa shape index (κ1) is 17.3. The third-order valence-electron chi connectivity index (χ3n) is 6.86. The number of amides is 1. The van der Waals surface area contributed by atoms with Crippen LogP contribution in [0.5, 0.6) is 11.5 Å². The molecule has 3 aliphatic heterocycles. The number of fused-ring (bicyclic) bond motifs is 3. The molecule has 0 N–H and O–H groups in total. The Bertz CT molecular complexity index is 970. The van der Waals surface area contributed by atoms with Gasteiger partial charge in [0.25, 0.3) is 0 Å². The Morgan fingerprint density at radius 3 is 2.72 bits per heavy atom. The van der Waals surface area contributed by atoms with Gasteiger partial charge in [-0.15, -0.1) is 0 Å². The van der Waals surface area contributed by atoms with Gasteiger partial charge in [-0.05, 0) is 61.1 Å². The minimum Gasteiger partial charge on any atom is -0.486 e. The molecule has 2 aromatic carbocycles. The third-order valence-corrected chi connectivity index (χ3v) is 6.86. The van der Waals surface area contributed by atoms with Crippen molar-refractivity contribution in [1.82, 2.24) is 4.90 Å². The highest BCUT2D eigenvalue weighted by atomic mass is 16.6. The summed E-state index contributed by atoms with van der Waals surface area (Å²) in [6.45, 7) is 4.66. The van der Waals surface area contributed by atoms with Gasteiger partial charge in [-0.1, -0.05) is 24.3 Å². The average molecular weight is 390 g/mol. The van der Waals surface area contributed by atoms with Crippen LogP contribution in [0.2, 0.25) is 0 Å². The van der Waals surface area contributed by atoms with Gasteiger partial charge in [0.2, 0.25) is 5.91 Å². The van der Waals surface area contributed by atoms with Gasteiger partial charge < -0.3 is 14.4 Å². The molecule has 3 heterocycles. The van der Waals surface area contributed by atoms with Crippen molar-refractivity contribution < 1.29 is 14.3 Å². The maximum atomic E-state index is 13.6. The van der Waals surface area contributed by atoms with E-state index in [0.29, 0.717) is 25.0 Å². The number of benzene rings is 2. The van der Waals surface area contributed by atoms with E-state index in [1.807, 2.05) is 6.07 Å². The lowest BCUT2D eigenvalue weighted by Gasteiger charge is -2.25. The number of ether oxygens (including phenoxy) is 2. The van der Waals surface area contributed by atoms with Gasteiger partial charge in [-0.2, -0.15) is 0 Å². The van der Waals surface area contributed by atoms with Gasteiger partial charge in [0, 0.05) is 25.3 Å². The summed E-state index contributed by atoms with van der Waals surface area (Å²) in [6.07, 6.45) is 3.42. The lowest BCUT2D eigenvalue weighted by molar-refractivity contribution is -0.122. The Hall–Kier alpha value is -2.53. The molecule has 4 aliphatic rings. The minimum absolute atomic E-state index is 0.315. The summed E-state index contributed by atoms with van der Waals surface area (Å²) in [7, 11) is 0. The van der Waals surface area contributed by atoms with E-state index in [9.17, 15) is 4.79 Å². The maximum absolute atomic E-state index is 13.6. The summed E-state index contributed by atoms with van der Waals surface area (Å²) in [5.74, 6) is 2.67. The maximum Gasteiger partial charge on any atom is 0.239 e. The van der Waals surface area contributed by atoms with Gasteiger partial charge in [0.05, 0.1) is 5.41 Å². The predicted molar refractivity (Wildman–Crippen MR) is 111 cm³/mol. The van der Waals surface area contributed by atoms with Crippen molar-refractivity contribution in [3.8, 4) is 11.5 Å². The number of hydrogen-bond acceptors (Lipinski definition) is 4. The first-order chi connectivity index (χ1) is 14.2. The van der Waals surface area contributed by atoms with Gasteiger partial charge in [0.1, 0.15) is 13.2 Å². The number of para-hydroxylation sites is 1. The van der Waals surface area contributed by atoms with E-state index in [0.717, 1.165) is 49.8 Å². The molecule has 1 aliphatic carbocycles. The number of anilines is 1. The van der Waals surface area contributed by atoms with E-state index >= 15 is 0 Å². The molecular formula is C24H26N2O3. The summed E-state index contributed by atoms with van der Waals surface area (Å²) < 4.78 is 11.4. The monoisotopic (exact) mass is 390 g/mol. The highest BCUT2D eigenvalue weighted by molar-refractivity contribution is 6.08. The fourth-order valence-corrected chi connectivity index (χ4v) is 5.20. The fourth-order valence-electron chi connectivity index (χ4n) is 5.20. The topological polar surface area (TPSA) is 42.0 Å². The van der Waals surface area contributed by atoms with Crippen LogP contribution in [0.3, 0.4) is 0 Å². The Morgan fingerprint density at radius 1 is 1.03 bits per heavy atom. The number of nitrogens with zero attached hydrogens (tertiary/aromatic N) is 2. The molecule has 1 spiro atoms. The van der Waals surface area contributed by atoms with Gasteiger partial charge in [0.15, 0.2) is 11.5 Å². The second-order valence-electron chi connectivity index (χ2n) is 8.90. The van der Waals surface area contributed by atoms with E-state index in [2.05, 4.69) is 46.2 Å². The second-order valence-corrected chi connectivity index (χ2v) is 8.90. The zero-order valence-corrected chi connectivity index (χ0v) is 16.6. The average Bonchev–Trinajstić information content (AvgIpc) is 3.44. The molecule has 0 radical (unpaired) electrons. The third kappa shape index (κ3) is 2.83. The highest BCUT2D eigenvalue weighted by Crippen LogP contribution is 2.48. The molecule has 5 heteroatoms. The molecule has 5 nitrogen and oxygen atoms in total. The Morgan fingerprint density at radius 2 is 1.86 bits per heavy atom. The molecule has 2 fully saturated rings. The molecule has 150 valence electrons. The summed E-state index contributed by atoms with van der Waals surface area (Å²) in [5.41, 5.74) is 3.21. The lowest BCUT2D eigenvalue weighted by atomic mass is 9.81. The van der Waals surface area contributed by atoms with Crippen molar-refractivity contribution in [2.45, 2.75) is 31.2 Å². The van der Waals surface area contributed by atoms with Crippen molar-refractivity contribution in [1.29, 1.82) is 0 Å². The fraction of sp³-hybridized carbons (Fsp3) is 0.458. The van der Waals surface area contributed by atoms with E-state index in [1.54, 1.807) is 0 Å². The van der Waals surface area contributed by atoms with Crippen LogP contribution >= 0.6 is 0 Å². The lowest BCUT2D eigenvalue weighted by Crippen LogP contribution is -2.43. The number of hydrogen-bond donors (Lipinski definition) is 0. The SMILES string of the molecule is O=C1N(CC2CC2)c2ccccc2C12CCN(Cc1ccc3c(c1)OCCO3)C2. The standard InChI is InChI=1S/C24H26N2O3/c27-23-24(19-3-1-2-4-20(19)26(23)15-17-5-6-17)9-10-25(16-24)14-18-7-8-21-22(13-18)29-12-11-28-21/h1-4,7-8,13,17H,5-6,9-12,14-16H2. The van der Waals surface area contributed by atoms with E-state index in [-0.39, 0.29) is 5.41 Å². The Kier molecular flexibility index (Phi) is 3.88. The molecule has 1 atom stereocenters. The van der Waals surface area contributed by atoms with Crippen LogP contribution in [-0.2, 0) is 16.8 Å².